The average molecular weight is 155 g/mol. The van der Waals surface area contributed by atoms with E-state index in [1.807, 2.05) is 0 Å². The van der Waals surface area contributed by atoms with Crippen LogP contribution in [0.4, 0.5) is 0 Å². The number of rotatable bonds is 0. The highest BCUT2D eigenvalue weighted by molar-refractivity contribution is 5.47. The Morgan fingerprint density at radius 3 is 1.64 bits per heavy atom. The summed E-state index contributed by atoms with van der Waals surface area (Å²) in [5.74, 6) is 0. The lowest BCUT2D eigenvalue weighted by molar-refractivity contribution is 0.361. The van der Waals surface area contributed by atoms with Crippen LogP contribution < -0.4 is 0 Å². The second-order valence-electron chi connectivity index (χ2n) is 3.00. The van der Waals surface area contributed by atoms with Crippen molar-refractivity contribution in [1.82, 2.24) is 0 Å². The van der Waals surface area contributed by atoms with Crippen LogP contribution in [0.25, 0.3) is 0 Å². The van der Waals surface area contributed by atoms with E-state index < -0.39 is 0 Å². The predicted molar refractivity (Wildman–Crippen MR) is 47.0 cm³/mol. The van der Waals surface area contributed by atoms with Gasteiger partial charge >= 0.3 is 0 Å². The summed E-state index contributed by atoms with van der Waals surface area (Å²) in [5.41, 5.74) is 0. The Labute approximate surface area is 68.7 Å². The molecule has 0 atom stereocenters. The molecule has 2 heteroatoms. The first-order valence-electron chi connectivity index (χ1n) is 4.60. The molecule has 0 amide bonds. The SMILES string of the molecule is C1=NCCO1.C1CCCCC1. The molecule has 11 heavy (non-hydrogen) atoms. The van der Waals surface area contributed by atoms with Crippen molar-refractivity contribution >= 4 is 6.40 Å². The Morgan fingerprint density at radius 1 is 0.909 bits per heavy atom. The molecular weight excluding hydrogens is 138 g/mol. The zero-order valence-electron chi connectivity index (χ0n) is 7.09. The third-order valence-corrected chi connectivity index (χ3v) is 1.99. The number of hydrogen-bond acceptors (Lipinski definition) is 2. The summed E-state index contributed by atoms with van der Waals surface area (Å²) in [5, 5.41) is 0. The molecule has 2 rings (SSSR count). The summed E-state index contributed by atoms with van der Waals surface area (Å²) in [6.07, 6.45) is 10.5. The zero-order chi connectivity index (χ0) is 7.78. The minimum Gasteiger partial charge on any atom is -0.482 e. The highest BCUT2D eigenvalue weighted by atomic mass is 16.5. The summed E-state index contributed by atoms with van der Waals surface area (Å²) in [6, 6.07) is 0. The lowest BCUT2D eigenvalue weighted by Gasteiger charge is -2.05. The third kappa shape index (κ3) is 4.82. The molecular formula is C9H17NO. The van der Waals surface area contributed by atoms with Crippen molar-refractivity contribution in [1.29, 1.82) is 0 Å². The molecule has 0 saturated heterocycles. The van der Waals surface area contributed by atoms with Gasteiger partial charge in [0.2, 0.25) is 0 Å². The predicted octanol–water partition coefficient (Wildman–Crippen LogP) is 2.39. The van der Waals surface area contributed by atoms with Gasteiger partial charge < -0.3 is 4.74 Å². The molecule has 0 spiro atoms. The molecule has 1 heterocycles. The molecule has 64 valence electrons. The average Bonchev–Trinajstić information content (AvgIpc) is 2.64. The van der Waals surface area contributed by atoms with Crippen molar-refractivity contribution in [3.63, 3.8) is 0 Å². The largest absolute Gasteiger partial charge is 0.482 e. The Kier molecular flexibility index (Phi) is 4.83. The van der Waals surface area contributed by atoms with Gasteiger partial charge in [-0.3, -0.25) is 4.99 Å². The Hall–Kier alpha value is -0.530. The Bertz CT molecular complexity index is 90.6. The minimum atomic E-state index is 0.778. The quantitative estimate of drug-likeness (QED) is 0.526. The summed E-state index contributed by atoms with van der Waals surface area (Å²) >= 11 is 0. The molecule has 0 bridgehead atoms. The first-order chi connectivity index (χ1) is 5.50. The maximum atomic E-state index is 4.65. The maximum absolute atomic E-state index is 4.65. The molecule has 1 aliphatic carbocycles. The molecule has 0 unspecified atom stereocenters. The van der Waals surface area contributed by atoms with Gasteiger partial charge in [0.25, 0.3) is 0 Å². The first kappa shape index (κ1) is 8.57. The van der Waals surface area contributed by atoms with E-state index in [4.69, 9.17) is 0 Å². The second-order valence-corrected chi connectivity index (χ2v) is 3.00. The van der Waals surface area contributed by atoms with Crippen molar-refractivity contribution in [3.8, 4) is 0 Å². The molecule has 0 aromatic heterocycles. The maximum Gasteiger partial charge on any atom is 0.169 e. The Morgan fingerprint density at radius 2 is 1.45 bits per heavy atom. The van der Waals surface area contributed by atoms with Crippen LogP contribution in [-0.2, 0) is 4.74 Å². The van der Waals surface area contributed by atoms with Crippen LogP contribution in [0.1, 0.15) is 38.5 Å². The second kappa shape index (κ2) is 6.20. The van der Waals surface area contributed by atoms with E-state index in [0.29, 0.717) is 0 Å². The van der Waals surface area contributed by atoms with Gasteiger partial charge in [0.1, 0.15) is 6.61 Å². The van der Waals surface area contributed by atoms with Gasteiger partial charge in [0.15, 0.2) is 6.40 Å². The fourth-order valence-electron chi connectivity index (χ4n) is 1.32. The van der Waals surface area contributed by atoms with Crippen LogP contribution in [0.5, 0.6) is 0 Å². The van der Waals surface area contributed by atoms with Crippen LogP contribution in [0, 0.1) is 0 Å². The van der Waals surface area contributed by atoms with E-state index in [2.05, 4.69) is 9.73 Å². The molecule has 0 aromatic carbocycles. The summed E-state index contributed by atoms with van der Waals surface area (Å²) in [7, 11) is 0. The van der Waals surface area contributed by atoms with Gasteiger partial charge in [-0.25, -0.2) is 0 Å². The zero-order valence-corrected chi connectivity index (χ0v) is 7.09. The summed E-state index contributed by atoms with van der Waals surface area (Å²) in [4.78, 5) is 3.74. The minimum absolute atomic E-state index is 0.778. The molecule has 2 nitrogen and oxygen atoms in total. The van der Waals surface area contributed by atoms with Gasteiger partial charge in [0, 0.05) is 0 Å². The van der Waals surface area contributed by atoms with Crippen LogP contribution in [0.15, 0.2) is 4.99 Å². The fourth-order valence-corrected chi connectivity index (χ4v) is 1.32. The summed E-state index contributed by atoms with van der Waals surface area (Å²) in [6.45, 7) is 1.62. The van der Waals surface area contributed by atoms with E-state index >= 15 is 0 Å². The van der Waals surface area contributed by atoms with Crippen LogP contribution in [-0.4, -0.2) is 19.6 Å². The van der Waals surface area contributed by atoms with Gasteiger partial charge in [-0.05, 0) is 0 Å². The standard InChI is InChI=1S/C6H12.C3H5NO/c1-2-4-6-5-3-1;1-2-5-3-4-1/h1-6H2;3H,1-2H2. The number of ether oxygens (including phenoxy) is 1. The van der Waals surface area contributed by atoms with Crippen LogP contribution >= 0.6 is 0 Å². The van der Waals surface area contributed by atoms with Gasteiger partial charge in [-0.2, -0.15) is 0 Å². The molecule has 0 radical (unpaired) electrons. The van der Waals surface area contributed by atoms with E-state index in [0.717, 1.165) is 13.2 Å². The van der Waals surface area contributed by atoms with Crippen molar-refractivity contribution in [2.75, 3.05) is 13.2 Å². The number of aliphatic imine (C=N–C) groups is 1. The van der Waals surface area contributed by atoms with Gasteiger partial charge in [0.05, 0.1) is 6.54 Å². The lowest BCUT2D eigenvalue weighted by atomic mass is 10.0. The van der Waals surface area contributed by atoms with Crippen LogP contribution in [0.2, 0.25) is 0 Å². The molecule has 0 N–H and O–H groups in total. The highest BCUT2D eigenvalue weighted by Crippen LogP contribution is 2.15. The third-order valence-electron chi connectivity index (χ3n) is 1.99. The monoisotopic (exact) mass is 155 g/mol. The van der Waals surface area contributed by atoms with Crippen LogP contribution in [0.3, 0.4) is 0 Å². The molecule has 1 aliphatic heterocycles. The normalized spacial score (nSPS) is 21.8. The molecule has 2 aliphatic rings. The molecule has 1 fully saturated rings. The van der Waals surface area contributed by atoms with Crippen molar-refractivity contribution in [2.45, 2.75) is 38.5 Å². The van der Waals surface area contributed by atoms with E-state index in [1.165, 1.54) is 44.9 Å². The highest BCUT2D eigenvalue weighted by Gasteiger charge is 1.95. The first-order valence-corrected chi connectivity index (χ1v) is 4.60. The van der Waals surface area contributed by atoms with E-state index in [9.17, 15) is 0 Å². The smallest absolute Gasteiger partial charge is 0.169 e. The van der Waals surface area contributed by atoms with Gasteiger partial charge in [-0.15, -0.1) is 0 Å². The topological polar surface area (TPSA) is 21.6 Å². The van der Waals surface area contributed by atoms with Crippen molar-refractivity contribution < 1.29 is 4.74 Å². The molecule has 1 saturated carbocycles. The fraction of sp³-hybridized carbons (Fsp3) is 0.889. The Balaban J connectivity index is 0.000000112. The lowest BCUT2D eigenvalue weighted by Crippen LogP contribution is -1.85. The van der Waals surface area contributed by atoms with Crippen molar-refractivity contribution in [3.05, 3.63) is 0 Å². The van der Waals surface area contributed by atoms with Crippen molar-refractivity contribution in [2.24, 2.45) is 4.99 Å². The molecule has 0 aromatic rings. The van der Waals surface area contributed by atoms with E-state index in [1.54, 1.807) is 0 Å². The number of hydrogen-bond donors (Lipinski definition) is 0. The summed E-state index contributed by atoms with van der Waals surface area (Å²) < 4.78 is 4.65. The number of nitrogens with zero attached hydrogens (tertiary/aromatic N) is 1. The van der Waals surface area contributed by atoms with Gasteiger partial charge in [-0.1, -0.05) is 38.5 Å². The van der Waals surface area contributed by atoms with E-state index in [-0.39, 0.29) is 0 Å².